The molecule has 0 spiro atoms. The molecule has 20 heavy (non-hydrogen) atoms. The van der Waals surface area contributed by atoms with E-state index in [4.69, 9.17) is 0 Å². The Hall–Kier alpha value is -1.53. The number of carbonyl (C=O) groups is 2. The van der Waals surface area contributed by atoms with E-state index in [2.05, 4.69) is 5.32 Å². The molecule has 0 aromatic heterocycles. The van der Waals surface area contributed by atoms with Gasteiger partial charge in [0, 0.05) is 11.2 Å². The fraction of sp³-hybridized carbons (Fsp3) is 0.429. The van der Waals surface area contributed by atoms with Crippen molar-refractivity contribution in [3.05, 3.63) is 35.9 Å². The van der Waals surface area contributed by atoms with E-state index < -0.39 is 34.2 Å². The van der Waals surface area contributed by atoms with Crippen molar-refractivity contribution in [3.63, 3.8) is 0 Å². The zero-order chi connectivity index (χ0) is 15.1. The lowest BCUT2D eigenvalue weighted by Gasteiger charge is -2.23. The average Bonchev–Trinajstić information content (AvgIpc) is 2.45. The highest BCUT2D eigenvalue weighted by molar-refractivity contribution is 7.79. The van der Waals surface area contributed by atoms with Crippen molar-refractivity contribution in [2.45, 2.75) is 31.6 Å². The maximum Gasteiger partial charge on any atom is 0.224 e. The van der Waals surface area contributed by atoms with Crippen molar-refractivity contribution in [2.24, 2.45) is 5.92 Å². The molecule has 1 amide bonds. The number of carbonyl (C=O) groups excluding carboxylic acids is 2. The molecule has 3 unspecified atom stereocenters. The van der Waals surface area contributed by atoms with Gasteiger partial charge in [0.2, 0.25) is 5.91 Å². The van der Waals surface area contributed by atoms with Crippen LogP contribution in [0.4, 0.5) is 0 Å². The van der Waals surface area contributed by atoms with Crippen LogP contribution in [0.25, 0.3) is 0 Å². The van der Waals surface area contributed by atoms with Crippen LogP contribution in [0.2, 0.25) is 0 Å². The van der Waals surface area contributed by atoms with Crippen LogP contribution in [0.15, 0.2) is 30.3 Å². The third-order valence-corrected chi connectivity index (χ3v) is 4.23. The van der Waals surface area contributed by atoms with Crippen molar-refractivity contribution in [3.8, 4) is 0 Å². The first-order valence-electron chi connectivity index (χ1n) is 6.33. The number of rotatable bonds is 7. The molecule has 6 heteroatoms. The Morgan fingerprint density at radius 1 is 1.35 bits per heavy atom. The van der Waals surface area contributed by atoms with E-state index >= 15 is 0 Å². The third kappa shape index (κ3) is 4.86. The molecule has 1 aromatic carbocycles. The molecule has 1 N–H and O–H groups in total. The fourth-order valence-electron chi connectivity index (χ4n) is 1.70. The SMILES string of the molecule is CC(C(=O)N[C@H](C=O)Cc1ccccc1)C(C)S(=O)[O-]. The summed E-state index contributed by atoms with van der Waals surface area (Å²) in [5.41, 5.74) is 0.929. The zero-order valence-electron chi connectivity index (χ0n) is 11.4. The summed E-state index contributed by atoms with van der Waals surface area (Å²) in [4.78, 5) is 22.9. The molecule has 110 valence electrons. The second-order valence-corrected chi connectivity index (χ2v) is 5.96. The summed E-state index contributed by atoms with van der Waals surface area (Å²) in [6, 6.07) is 8.64. The molecule has 0 aliphatic heterocycles. The van der Waals surface area contributed by atoms with Gasteiger partial charge in [-0.2, -0.15) is 0 Å². The maximum atomic E-state index is 11.9. The lowest BCUT2D eigenvalue weighted by molar-refractivity contribution is -0.127. The fourth-order valence-corrected chi connectivity index (χ4v) is 2.15. The van der Waals surface area contributed by atoms with Crippen molar-refractivity contribution in [1.82, 2.24) is 5.32 Å². The first-order chi connectivity index (χ1) is 9.45. The Kier molecular flexibility index (Phi) is 6.54. The van der Waals surface area contributed by atoms with Gasteiger partial charge < -0.3 is 14.7 Å². The molecular weight excluding hydrogens is 278 g/mol. The van der Waals surface area contributed by atoms with E-state index in [0.717, 1.165) is 5.56 Å². The van der Waals surface area contributed by atoms with E-state index in [1.165, 1.54) is 13.8 Å². The van der Waals surface area contributed by atoms with Gasteiger partial charge in [0.25, 0.3) is 0 Å². The molecule has 1 aromatic rings. The molecule has 1 rings (SSSR count). The number of amides is 1. The zero-order valence-corrected chi connectivity index (χ0v) is 12.3. The molecule has 0 heterocycles. The quantitative estimate of drug-likeness (QED) is 0.596. The Bertz CT molecular complexity index is 477. The smallest absolute Gasteiger partial charge is 0.224 e. The van der Waals surface area contributed by atoms with Gasteiger partial charge in [-0.3, -0.25) is 9.00 Å². The first kappa shape index (κ1) is 16.5. The van der Waals surface area contributed by atoms with Crippen LogP contribution < -0.4 is 5.32 Å². The standard InChI is InChI=1S/C14H19NO4S/c1-10(11(2)20(18)19)14(17)15-13(9-16)8-12-6-4-3-5-7-12/h3-7,9-11,13H,8H2,1-2H3,(H,15,17)(H,18,19)/p-1/t10?,11?,13-/m0/s1. The van der Waals surface area contributed by atoms with Gasteiger partial charge in [0.05, 0.1) is 6.04 Å². The van der Waals surface area contributed by atoms with Gasteiger partial charge in [-0.05, 0) is 12.0 Å². The summed E-state index contributed by atoms with van der Waals surface area (Å²) in [5, 5.41) is 1.78. The summed E-state index contributed by atoms with van der Waals surface area (Å²) in [6.07, 6.45) is 1.05. The molecule has 0 saturated carbocycles. The van der Waals surface area contributed by atoms with E-state index in [-0.39, 0.29) is 0 Å². The van der Waals surface area contributed by atoms with E-state index in [1.54, 1.807) is 0 Å². The summed E-state index contributed by atoms with van der Waals surface area (Å²) in [6.45, 7) is 2.99. The second-order valence-electron chi connectivity index (χ2n) is 4.70. The second kappa shape index (κ2) is 7.91. The van der Waals surface area contributed by atoms with Gasteiger partial charge in [-0.1, -0.05) is 55.3 Å². The molecule has 0 saturated heterocycles. The van der Waals surface area contributed by atoms with Crippen LogP contribution >= 0.6 is 0 Å². The van der Waals surface area contributed by atoms with E-state index in [0.29, 0.717) is 12.7 Å². The molecular formula is C14H18NO4S-. The van der Waals surface area contributed by atoms with Crippen LogP contribution in [0.1, 0.15) is 19.4 Å². The summed E-state index contributed by atoms with van der Waals surface area (Å²) >= 11 is -2.31. The van der Waals surface area contributed by atoms with Gasteiger partial charge in [-0.25, -0.2) is 0 Å². The topological polar surface area (TPSA) is 86.3 Å². The van der Waals surface area contributed by atoms with Crippen molar-refractivity contribution in [2.75, 3.05) is 0 Å². The lowest BCUT2D eigenvalue weighted by atomic mass is 10.0. The Balaban J connectivity index is 2.62. The van der Waals surface area contributed by atoms with E-state index in [9.17, 15) is 18.4 Å². The predicted molar refractivity (Wildman–Crippen MR) is 75.7 cm³/mol. The minimum atomic E-state index is -2.31. The van der Waals surface area contributed by atoms with Crippen LogP contribution in [0.3, 0.4) is 0 Å². The highest BCUT2D eigenvalue weighted by Crippen LogP contribution is 2.09. The number of hydrogen-bond acceptors (Lipinski definition) is 4. The van der Waals surface area contributed by atoms with Crippen molar-refractivity contribution >= 4 is 23.3 Å². The molecule has 4 atom stereocenters. The number of hydrogen-bond donors (Lipinski definition) is 1. The predicted octanol–water partition coefficient (Wildman–Crippen LogP) is 0.816. The summed E-state index contributed by atoms with van der Waals surface area (Å²) < 4.78 is 21.7. The van der Waals surface area contributed by atoms with Crippen LogP contribution in [-0.4, -0.2) is 32.2 Å². The van der Waals surface area contributed by atoms with Gasteiger partial charge >= 0.3 is 0 Å². The molecule has 0 radical (unpaired) electrons. The Labute approximate surface area is 121 Å². The highest BCUT2D eigenvalue weighted by atomic mass is 32.2. The van der Waals surface area contributed by atoms with Crippen molar-refractivity contribution in [1.29, 1.82) is 0 Å². The van der Waals surface area contributed by atoms with Crippen LogP contribution in [0.5, 0.6) is 0 Å². The normalized spacial score (nSPS) is 16.8. The minimum Gasteiger partial charge on any atom is -0.772 e. The van der Waals surface area contributed by atoms with Gasteiger partial charge in [0.15, 0.2) is 0 Å². The van der Waals surface area contributed by atoms with Crippen molar-refractivity contribution < 1.29 is 18.4 Å². The maximum absolute atomic E-state index is 11.9. The minimum absolute atomic E-state index is 0.387. The Morgan fingerprint density at radius 3 is 2.45 bits per heavy atom. The first-order valence-corrected chi connectivity index (χ1v) is 7.47. The number of benzene rings is 1. The third-order valence-electron chi connectivity index (χ3n) is 3.21. The van der Waals surface area contributed by atoms with Crippen LogP contribution in [-0.2, 0) is 27.1 Å². The highest BCUT2D eigenvalue weighted by Gasteiger charge is 2.23. The van der Waals surface area contributed by atoms with Crippen LogP contribution in [0, 0.1) is 5.92 Å². The molecule has 0 aliphatic carbocycles. The molecule has 0 bridgehead atoms. The monoisotopic (exact) mass is 296 g/mol. The number of aldehydes is 1. The molecule has 0 fully saturated rings. The largest absolute Gasteiger partial charge is 0.772 e. The number of nitrogens with one attached hydrogen (secondary N) is 1. The van der Waals surface area contributed by atoms with E-state index in [1.807, 2.05) is 30.3 Å². The molecule has 0 aliphatic rings. The lowest BCUT2D eigenvalue weighted by Crippen LogP contribution is -2.43. The Morgan fingerprint density at radius 2 is 1.95 bits per heavy atom. The summed E-state index contributed by atoms with van der Waals surface area (Å²) in [7, 11) is 0. The molecule has 5 nitrogen and oxygen atoms in total. The average molecular weight is 296 g/mol. The summed E-state index contributed by atoms with van der Waals surface area (Å²) in [5.74, 6) is -1.14. The van der Waals surface area contributed by atoms with Gasteiger partial charge in [-0.15, -0.1) is 0 Å². The van der Waals surface area contributed by atoms with Gasteiger partial charge in [0.1, 0.15) is 6.29 Å².